The molecule has 1 N–H and O–H groups in total. The van der Waals surface area contributed by atoms with Gasteiger partial charge in [0.05, 0.1) is 0 Å². The van der Waals surface area contributed by atoms with E-state index in [1.165, 1.54) is 31.2 Å². The largest absolute Gasteiger partial charge is 0.480 e. The monoisotopic (exact) mass is 273 g/mol. The Morgan fingerprint density at radius 1 is 1.10 bits per heavy atom. The summed E-state index contributed by atoms with van der Waals surface area (Å²) in [6, 6.07) is 7.72. The van der Waals surface area contributed by atoms with Crippen molar-refractivity contribution in [2.75, 3.05) is 13.1 Å². The topological polar surface area (TPSA) is 40.5 Å². The van der Waals surface area contributed by atoms with Crippen molar-refractivity contribution < 1.29 is 9.90 Å². The van der Waals surface area contributed by atoms with Gasteiger partial charge in [-0.05, 0) is 55.8 Å². The number of carboxylic acids is 1. The molecule has 1 heterocycles. The Morgan fingerprint density at radius 3 is 2.35 bits per heavy atom. The zero-order chi connectivity index (χ0) is 13.9. The summed E-state index contributed by atoms with van der Waals surface area (Å²) in [7, 11) is 0. The molecule has 1 saturated carbocycles. The first kappa shape index (κ1) is 13.6. The van der Waals surface area contributed by atoms with E-state index in [1.807, 2.05) is 18.2 Å². The third-order valence-electron chi connectivity index (χ3n) is 4.55. The van der Waals surface area contributed by atoms with E-state index in [-0.39, 0.29) is 0 Å². The maximum Gasteiger partial charge on any atom is 0.325 e. The van der Waals surface area contributed by atoms with Crippen LogP contribution in [-0.2, 0) is 4.79 Å². The maximum absolute atomic E-state index is 11.9. The lowest BCUT2D eigenvalue weighted by atomic mass is 9.96. The number of rotatable bonds is 4. The Labute approximate surface area is 120 Å². The van der Waals surface area contributed by atoms with Crippen molar-refractivity contribution >= 4 is 5.97 Å². The molecule has 1 unspecified atom stereocenters. The molecule has 0 radical (unpaired) electrons. The number of nitrogens with zero attached hydrogens (tertiary/aromatic N) is 1. The average Bonchev–Trinajstić information content (AvgIpc) is 3.27. The second kappa shape index (κ2) is 5.96. The number of aliphatic carboxylic acids is 1. The molecule has 108 valence electrons. The maximum atomic E-state index is 11.9. The summed E-state index contributed by atoms with van der Waals surface area (Å²) in [6.45, 7) is 1.83. The van der Waals surface area contributed by atoms with E-state index in [4.69, 9.17) is 0 Å². The van der Waals surface area contributed by atoms with E-state index in [0.29, 0.717) is 5.92 Å². The summed E-state index contributed by atoms with van der Waals surface area (Å²) in [5, 5.41) is 9.76. The number of carboxylic acid groups (broad SMARTS) is 1. The Bertz CT molecular complexity index is 474. The Balaban J connectivity index is 1.91. The third-order valence-corrected chi connectivity index (χ3v) is 4.55. The lowest BCUT2D eigenvalue weighted by Gasteiger charge is -2.29. The van der Waals surface area contributed by atoms with Gasteiger partial charge in [0, 0.05) is 0 Å². The van der Waals surface area contributed by atoms with Crippen LogP contribution in [0.25, 0.3) is 0 Å². The SMILES string of the molecule is O=C(O)C(c1ccccc1C1CC1)N1CCCCCC1. The smallest absolute Gasteiger partial charge is 0.325 e. The first-order chi connectivity index (χ1) is 9.77. The fourth-order valence-electron chi connectivity index (χ4n) is 3.37. The zero-order valence-electron chi connectivity index (χ0n) is 11.9. The number of hydrogen-bond acceptors (Lipinski definition) is 2. The highest BCUT2D eigenvalue weighted by molar-refractivity contribution is 5.76. The van der Waals surface area contributed by atoms with Crippen molar-refractivity contribution in [3.63, 3.8) is 0 Å². The van der Waals surface area contributed by atoms with Gasteiger partial charge in [-0.2, -0.15) is 0 Å². The first-order valence-electron chi connectivity index (χ1n) is 7.83. The molecule has 1 aliphatic carbocycles. The molecule has 0 amide bonds. The molecule has 3 nitrogen and oxygen atoms in total. The molecule has 3 heteroatoms. The molecule has 3 rings (SSSR count). The molecule has 2 fully saturated rings. The number of benzene rings is 1. The van der Waals surface area contributed by atoms with Gasteiger partial charge in [-0.1, -0.05) is 37.1 Å². The van der Waals surface area contributed by atoms with Crippen LogP contribution in [0.3, 0.4) is 0 Å². The molecular formula is C17H23NO2. The molecule has 1 aromatic carbocycles. The Hall–Kier alpha value is -1.35. The van der Waals surface area contributed by atoms with E-state index in [1.54, 1.807) is 0 Å². The van der Waals surface area contributed by atoms with Crippen LogP contribution in [-0.4, -0.2) is 29.1 Å². The van der Waals surface area contributed by atoms with E-state index < -0.39 is 12.0 Å². The molecule has 1 aromatic rings. The van der Waals surface area contributed by atoms with Crippen LogP contribution in [0.2, 0.25) is 0 Å². The van der Waals surface area contributed by atoms with E-state index in [2.05, 4.69) is 11.0 Å². The van der Waals surface area contributed by atoms with Crippen molar-refractivity contribution in [1.82, 2.24) is 4.90 Å². The van der Waals surface area contributed by atoms with Crippen molar-refractivity contribution in [3.8, 4) is 0 Å². The fourth-order valence-corrected chi connectivity index (χ4v) is 3.37. The van der Waals surface area contributed by atoms with Crippen molar-refractivity contribution in [3.05, 3.63) is 35.4 Å². The minimum Gasteiger partial charge on any atom is -0.480 e. The highest BCUT2D eigenvalue weighted by Crippen LogP contribution is 2.43. The molecule has 1 aliphatic heterocycles. The van der Waals surface area contributed by atoms with Crippen LogP contribution < -0.4 is 0 Å². The molecule has 0 bridgehead atoms. The molecule has 1 saturated heterocycles. The lowest BCUT2D eigenvalue weighted by Crippen LogP contribution is -2.35. The molecule has 1 atom stereocenters. The summed E-state index contributed by atoms with van der Waals surface area (Å²) >= 11 is 0. The van der Waals surface area contributed by atoms with Crippen molar-refractivity contribution in [1.29, 1.82) is 0 Å². The number of likely N-dealkylation sites (tertiary alicyclic amines) is 1. The van der Waals surface area contributed by atoms with Gasteiger partial charge in [-0.3, -0.25) is 9.69 Å². The predicted octanol–water partition coefficient (Wildman–Crippen LogP) is 3.57. The highest BCUT2D eigenvalue weighted by Gasteiger charge is 2.33. The van der Waals surface area contributed by atoms with Gasteiger partial charge >= 0.3 is 5.97 Å². The van der Waals surface area contributed by atoms with E-state index >= 15 is 0 Å². The molecule has 20 heavy (non-hydrogen) atoms. The van der Waals surface area contributed by atoms with Crippen LogP contribution in [0.5, 0.6) is 0 Å². The molecule has 0 spiro atoms. The standard InChI is InChI=1S/C17H23NO2/c19-17(20)16(18-11-5-1-2-6-12-18)15-8-4-3-7-14(15)13-9-10-13/h3-4,7-8,13,16H,1-2,5-6,9-12H2,(H,19,20). The highest BCUT2D eigenvalue weighted by atomic mass is 16.4. The second-order valence-corrected chi connectivity index (χ2v) is 6.09. The lowest BCUT2D eigenvalue weighted by molar-refractivity contribution is -0.143. The van der Waals surface area contributed by atoms with E-state index in [9.17, 15) is 9.90 Å². The number of carbonyl (C=O) groups is 1. The summed E-state index contributed by atoms with van der Waals surface area (Å²) in [5.41, 5.74) is 2.30. The van der Waals surface area contributed by atoms with Gasteiger partial charge in [0.25, 0.3) is 0 Å². The normalized spacial score (nSPS) is 22.2. The van der Waals surface area contributed by atoms with Gasteiger partial charge in [-0.15, -0.1) is 0 Å². The Kier molecular flexibility index (Phi) is 4.06. The summed E-state index contributed by atoms with van der Waals surface area (Å²) in [4.78, 5) is 14.0. The molecular weight excluding hydrogens is 250 g/mol. The second-order valence-electron chi connectivity index (χ2n) is 6.09. The molecule has 2 aliphatic rings. The summed E-state index contributed by atoms with van der Waals surface area (Å²) < 4.78 is 0. The van der Waals surface area contributed by atoms with Gasteiger partial charge in [0.15, 0.2) is 0 Å². The molecule has 0 aromatic heterocycles. The minimum absolute atomic E-state index is 0.454. The van der Waals surface area contributed by atoms with Crippen LogP contribution in [0.4, 0.5) is 0 Å². The van der Waals surface area contributed by atoms with Crippen LogP contribution in [0.1, 0.15) is 61.6 Å². The first-order valence-corrected chi connectivity index (χ1v) is 7.83. The van der Waals surface area contributed by atoms with Gasteiger partial charge in [-0.25, -0.2) is 0 Å². The van der Waals surface area contributed by atoms with Crippen molar-refractivity contribution in [2.24, 2.45) is 0 Å². The van der Waals surface area contributed by atoms with Gasteiger partial charge in [0.1, 0.15) is 6.04 Å². The Morgan fingerprint density at radius 2 is 1.75 bits per heavy atom. The van der Waals surface area contributed by atoms with Gasteiger partial charge < -0.3 is 5.11 Å². The average molecular weight is 273 g/mol. The fraction of sp³-hybridized carbons (Fsp3) is 0.588. The quantitative estimate of drug-likeness (QED) is 0.911. The van der Waals surface area contributed by atoms with Gasteiger partial charge in [0.2, 0.25) is 0 Å². The van der Waals surface area contributed by atoms with Crippen LogP contribution in [0, 0.1) is 0 Å². The zero-order valence-corrected chi connectivity index (χ0v) is 11.9. The summed E-state index contributed by atoms with van der Waals surface area (Å²) in [5.74, 6) is -0.0972. The van der Waals surface area contributed by atoms with Crippen molar-refractivity contribution in [2.45, 2.75) is 50.5 Å². The summed E-state index contributed by atoms with van der Waals surface area (Å²) in [6.07, 6.45) is 7.12. The minimum atomic E-state index is -0.694. The van der Waals surface area contributed by atoms with Crippen LogP contribution in [0.15, 0.2) is 24.3 Å². The predicted molar refractivity (Wildman–Crippen MR) is 78.8 cm³/mol. The van der Waals surface area contributed by atoms with E-state index in [0.717, 1.165) is 31.5 Å². The third kappa shape index (κ3) is 2.88. The number of hydrogen-bond donors (Lipinski definition) is 1. The van der Waals surface area contributed by atoms with Crippen LogP contribution >= 0.6 is 0 Å².